The third-order valence-electron chi connectivity index (χ3n) is 2.30. The summed E-state index contributed by atoms with van der Waals surface area (Å²) in [5.41, 5.74) is 1.51. The summed E-state index contributed by atoms with van der Waals surface area (Å²) in [6, 6.07) is 7.67. The van der Waals surface area contributed by atoms with Crippen molar-refractivity contribution in [1.82, 2.24) is 0 Å². The highest BCUT2D eigenvalue weighted by Crippen LogP contribution is 2.17. The molecule has 0 saturated heterocycles. The maximum absolute atomic E-state index is 11.1. The van der Waals surface area contributed by atoms with Crippen LogP contribution in [0.3, 0.4) is 0 Å². The average molecular weight is 256 g/mol. The first-order valence-electron chi connectivity index (χ1n) is 5.75. The highest BCUT2D eigenvalue weighted by atomic mass is 32.2. The third kappa shape index (κ3) is 5.58. The lowest BCUT2D eigenvalue weighted by molar-refractivity contribution is 0.607. The van der Waals surface area contributed by atoms with Gasteiger partial charge in [-0.2, -0.15) is 0 Å². The molecular weight excluding hydrogens is 236 g/mol. The van der Waals surface area contributed by atoms with E-state index >= 15 is 0 Å². The molecule has 1 aromatic carbocycles. The molecule has 0 saturated carbocycles. The molecule has 0 radical (unpaired) electrons. The van der Waals surface area contributed by atoms with Crippen molar-refractivity contribution in [1.29, 1.82) is 0 Å². The Morgan fingerprint density at radius 1 is 1.29 bits per heavy atom. The molecule has 0 fully saturated rings. The largest absolute Gasteiger partial charge is 0.383 e. The Balaban J connectivity index is 2.72. The Hall–Kier alpha value is -1.23. The Morgan fingerprint density at radius 3 is 2.53 bits per heavy atom. The van der Waals surface area contributed by atoms with E-state index < -0.39 is 10.0 Å². The molecule has 0 bridgehead atoms. The molecule has 0 aliphatic carbocycles. The monoisotopic (exact) mass is 256 g/mol. The summed E-state index contributed by atoms with van der Waals surface area (Å²) < 4.78 is 24.7. The second-order valence-electron chi connectivity index (χ2n) is 4.29. The van der Waals surface area contributed by atoms with Crippen LogP contribution in [-0.2, 0) is 10.0 Å². The lowest BCUT2D eigenvalue weighted by Crippen LogP contribution is -2.15. The number of benzene rings is 1. The Morgan fingerprint density at radius 2 is 1.94 bits per heavy atom. The zero-order chi connectivity index (χ0) is 12.9. The molecule has 0 heterocycles. The molecule has 0 aliphatic heterocycles. The maximum atomic E-state index is 11.1. The lowest BCUT2D eigenvalue weighted by Gasteiger charge is -2.15. The van der Waals surface area contributed by atoms with Gasteiger partial charge in [-0.05, 0) is 31.5 Å². The standard InChI is InChI=1S/C12H20N2O2S/c1-4-6-10(2)13-11-7-5-8-12(9-11)14-17(3,15)16/h5,7-10,13-14H,4,6H2,1-3H3. The van der Waals surface area contributed by atoms with Crippen molar-refractivity contribution >= 4 is 21.4 Å². The van der Waals surface area contributed by atoms with Crippen LogP contribution in [0.2, 0.25) is 0 Å². The van der Waals surface area contributed by atoms with E-state index in [4.69, 9.17) is 0 Å². The second kappa shape index (κ2) is 5.91. The van der Waals surface area contributed by atoms with E-state index in [1.165, 1.54) is 0 Å². The van der Waals surface area contributed by atoms with E-state index in [2.05, 4.69) is 23.9 Å². The molecule has 0 aliphatic rings. The fourth-order valence-corrected chi connectivity index (χ4v) is 2.23. The highest BCUT2D eigenvalue weighted by molar-refractivity contribution is 7.92. The predicted octanol–water partition coefficient (Wildman–Crippen LogP) is 2.66. The summed E-state index contributed by atoms with van der Waals surface area (Å²) in [7, 11) is -3.21. The Kier molecular flexibility index (Phi) is 4.81. The topological polar surface area (TPSA) is 58.2 Å². The molecule has 17 heavy (non-hydrogen) atoms. The zero-order valence-electron chi connectivity index (χ0n) is 10.5. The van der Waals surface area contributed by atoms with Gasteiger partial charge in [-0.25, -0.2) is 8.42 Å². The lowest BCUT2D eigenvalue weighted by atomic mass is 10.2. The van der Waals surface area contributed by atoms with Crippen molar-refractivity contribution < 1.29 is 8.42 Å². The first-order valence-corrected chi connectivity index (χ1v) is 7.64. The van der Waals surface area contributed by atoms with E-state index in [0.717, 1.165) is 24.8 Å². The molecule has 1 rings (SSSR count). The fraction of sp³-hybridized carbons (Fsp3) is 0.500. The number of nitrogens with one attached hydrogen (secondary N) is 2. The van der Waals surface area contributed by atoms with Crippen LogP contribution in [0, 0.1) is 0 Å². The van der Waals surface area contributed by atoms with E-state index in [-0.39, 0.29) is 0 Å². The second-order valence-corrected chi connectivity index (χ2v) is 6.04. The van der Waals surface area contributed by atoms with Gasteiger partial charge in [0.1, 0.15) is 0 Å². The highest BCUT2D eigenvalue weighted by Gasteiger charge is 2.04. The number of sulfonamides is 1. The zero-order valence-corrected chi connectivity index (χ0v) is 11.3. The summed E-state index contributed by atoms with van der Waals surface area (Å²) in [5, 5.41) is 3.33. The van der Waals surface area contributed by atoms with Crippen LogP contribution in [0.5, 0.6) is 0 Å². The first-order chi connectivity index (χ1) is 7.90. The molecule has 1 atom stereocenters. The van der Waals surface area contributed by atoms with Crippen LogP contribution >= 0.6 is 0 Å². The minimum atomic E-state index is -3.21. The molecule has 4 nitrogen and oxygen atoms in total. The maximum Gasteiger partial charge on any atom is 0.229 e. The van der Waals surface area contributed by atoms with Crippen molar-refractivity contribution in [2.24, 2.45) is 0 Å². The summed E-state index contributed by atoms with van der Waals surface area (Å²) in [6.45, 7) is 4.25. The van der Waals surface area contributed by atoms with Gasteiger partial charge in [-0.3, -0.25) is 4.72 Å². The van der Waals surface area contributed by atoms with Crippen LogP contribution < -0.4 is 10.0 Å². The van der Waals surface area contributed by atoms with Crippen LogP contribution in [-0.4, -0.2) is 20.7 Å². The molecule has 0 spiro atoms. The van der Waals surface area contributed by atoms with Crippen molar-refractivity contribution in [2.75, 3.05) is 16.3 Å². The van der Waals surface area contributed by atoms with Gasteiger partial charge in [0.25, 0.3) is 0 Å². The van der Waals surface area contributed by atoms with Crippen molar-refractivity contribution in [3.8, 4) is 0 Å². The van der Waals surface area contributed by atoms with Gasteiger partial charge in [0.2, 0.25) is 10.0 Å². The van der Waals surface area contributed by atoms with Gasteiger partial charge in [0.15, 0.2) is 0 Å². The van der Waals surface area contributed by atoms with Gasteiger partial charge < -0.3 is 5.32 Å². The normalized spacial score (nSPS) is 13.1. The van der Waals surface area contributed by atoms with Crippen molar-refractivity contribution in [3.05, 3.63) is 24.3 Å². The van der Waals surface area contributed by atoms with Crippen LogP contribution in [0.25, 0.3) is 0 Å². The fourth-order valence-electron chi connectivity index (χ4n) is 1.68. The van der Waals surface area contributed by atoms with Gasteiger partial charge in [-0.1, -0.05) is 19.4 Å². The van der Waals surface area contributed by atoms with Gasteiger partial charge in [0.05, 0.1) is 11.9 Å². The van der Waals surface area contributed by atoms with E-state index in [0.29, 0.717) is 11.7 Å². The van der Waals surface area contributed by atoms with E-state index in [1.54, 1.807) is 12.1 Å². The first kappa shape index (κ1) is 13.8. The Bertz CT molecular complexity index is 457. The average Bonchev–Trinajstić information content (AvgIpc) is 2.15. The summed E-state index contributed by atoms with van der Waals surface area (Å²) in [6.07, 6.45) is 3.35. The Labute approximate surface area is 103 Å². The number of hydrogen-bond acceptors (Lipinski definition) is 3. The third-order valence-corrected chi connectivity index (χ3v) is 2.91. The summed E-state index contributed by atoms with van der Waals surface area (Å²) in [5.74, 6) is 0. The van der Waals surface area contributed by atoms with Crippen LogP contribution in [0.1, 0.15) is 26.7 Å². The molecule has 1 aromatic rings. The molecule has 1 unspecified atom stereocenters. The molecule has 5 heteroatoms. The minimum Gasteiger partial charge on any atom is -0.383 e. The van der Waals surface area contributed by atoms with Gasteiger partial charge in [-0.15, -0.1) is 0 Å². The summed E-state index contributed by atoms with van der Waals surface area (Å²) in [4.78, 5) is 0. The minimum absolute atomic E-state index is 0.383. The quantitative estimate of drug-likeness (QED) is 0.822. The number of anilines is 2. The molecule has 0 amide bonds. The summed E-state index contributed by atoms with van der Waals surface area (Å²) >= 11 is 0. The molecular formula is C12H20N2O2S. The molecule has 2 N–H and O–H groups in total. The number of hydrogen-bond donors (Lipinski definition) is 2. The molecule has 96 valence electrons. The molecule has 0 aromatic heterocycles. The van der Waals surface area contributed by atoms with Crippen LogP contribution in [0.4, 0.5) is 11.4 Å². The van der Waals surface area contributed by atoms with Crippen molar-refractivity contribution in [3.63, 3.8) is 0 Å². The van der Waals surface area contributed by atoms with Gasteiger partial charge >= 0.3 is 0 Å². The van der Waals surface area contributed by atoms with Crippen molar-refractivity contribution in [2.45, 2.75) is 32.7 Å². The van der Waals surface area contributed by atoms with Gasteiger partial charge in [0, 0.05) is 11.7 Å². The van der Waals surface area contributed by atoms with E-state index in [1.807, 2.05) is 12.1 Å². The SMILES string of the molecule is CCCC(C)Nc1cccc(NS(C)(=O)=O)c1. The number of rotatable bonds is 6. The smallest absolute Gasteiger partial charge is 0.229 e. The predicted molar refractivity (Wildman–Crippen MR) is 72.9 cm³/mol. The van der Waals surface area contributed by atoms with E-state index in [9.17, 15) is 8.42 Å². The van der Waals surface area contributed by atoms with Crippen LogP contribution in [0.15, 0.2) is 24.3 Å².